The van der Waals surface area contributed by atoms with Crippen molar-refractivity contribution in [1.29, 1.82) is 0 Å². The molecule has 0 saturated carbocycles. The number of rotatable bonds is 1. The molecule has 0 aromatic heterocycles. The summed E-state index contributed by atoms with van der Waals surface area (Å²) in [5.41, 5.74) is 0. The van der Waals surface area contributed by atoms with Crippen molar-refractivity contribution >= 4 is 48.3 Å². The average molecular weight is 409 g/mol. The molecule has 5 heteroatoms. The van der Waals surface area contributed by atoms with Crippen molar-refractivity contribution in [3.8, 4) is 0 Å². The maximum absolute atomic E-state index is 5.08. The zero-order valence-electron chi connectivity index (χ0n) is 6.11. The molecular formula is C4H12I2OSiV. The van der Waals surface area contributed by atoms with E-state index in [1.807, 2.05) is 0 Å². The Morgan fingerprint density at radius 1 is 1.22 bits per heavy atom. The van der Waals surface area contributed by atoms with E-state index in [4.69, 9.17) is 4.43 Å². The van der Waals surface area contributed by atoms with Crippen LogP contribution in [0.3, 0.4) is 0 Å². The van der Waals surface area contributed by atoms with Gasteiger partial charge in [0, 0.05) is 7.11 Å². The second-order valence-corrected chi connectivity index (χ2v) is 18.8. The molecule has 0 saturated heterocycles. The summed E-state index contributed by atoms with van der Waals surface area (Å²) in [6.07, 6.45) is 0. The summed E-state index contributed by atoms with van der Waals surface area (Å²) in [5.74, 6) is 0. The Kier molecular flexibility index (Phi) is 12.7. The molecule has 0 aromatic rings. The molecule has 0 fully saturated rings. The molecule has 0 rings (SSSR count). The Labute approximate surface area is 87.7 Å². The molecule has 0 aliphatic rings. The molecule has 0 radical (unpaired) electrons. The van der Waals surface area contributed by atoms with E-state index in [2.05, 4.69) is 59.6 Å². The van der Waals surface area contributed by atoms with Crippen molar-refractivity contribution in [1.82, 2.24) is 0 Å². The molecule has 9 heavy (non-hydrogen) atoms. The molecule has 1 nitrogen and oxygen atoms in total. The van der Waals surface area contributed by atoms with Crippen LogP contribution in [0.1, 0.15) is 0 Å². The van der Waals surface area contributed by atoms with Gasteiger partial charge in [0.05, 0.1) is 0 Å². The average Bonchev–Trinajstić information content (AvgIpc) is 1.67. The third-order valence-corrected chi connectivity index (χ3v) is 1.84. The second-order valence-electron chi connectivity index (χ2n) is 2.38. The van der Waals surface area contributed by atoms with E-state index in [-0.39, 0.29) is 0 Å². The van der Waals surface area contributed by atoms with Crippen LogP contribution in [0, 0.1) is 0 Å². The molecule has 0 atom stereocenters. The van der Waals surface area contributed by atoms with E-state index in [0.29, 0.717) is 9.47 Å². The SMILES string of the molecule is CO[Si](C)(C)C.[I][V][I]. The van der Waals surface area contributed by atoms with Gasteiger partial charge in [0.15, 0.2) is 8.32 Å². The topological polar surface area (TPSA) is 9.23 Å². The standard InChI is InChI=1S/C4H12OSi.2HI.V/c1-5-6(2,3)4;;;/h1-4H3;2*1H;/q;;;+2/p-2. The summed E-state index contributed by atoms with van der Waals surface area (Å²) in [7, 11) is 1.27. The Bertz CT molecular complexity index is 57.0. The normalized spacial score (nSPS) is 9.56. The van der Waals surface area contributed by atoms with E-state index < -0.39 is 8.32 Å². The third-order valence-electron chi connectivity index (χ3n) is 0.612. The summed E-state index contributed by atoms with van der Waals surface area (Å²) in [6, 6.07) is 0. The number of hydrogen-bond acceptors (Lipinski definition) is 1. The van der Waals surface area contributed by atoms with Gasteiger partial charge < -0.3 is 4.43 Å². The van der Waals surface area contributed by atoms with E-state index in [1.165, 1.54) is 0 Å². The zero-order chi connectivity index (χ0) is 7.91. The van der Waals surface area contributed by atoms with Gasteiger partial charge in [-0.05, 0) is 19.6 Å². The van der Waals surface area contributed by atoms with Gasteiger partial charge in [-0.15, -0.1) is 0 Å². The van der Waals surface area contributed by atoms with Crippen molar-refractivity contribution in [3.05, 3.63) is 0 Å². The molecule has 0 aliphatic carbocycles. The van der Waals surface area contributed by atoms with E-state index in [9.17, 15) is 0 Å². The molecule has 0 bridgehead atoms. The van der Waals surface area contributed by atoms with Crippen molar-refractivity contribution in [2.45, 2.75) is 19.6 Å². The van der Waals surface area contributed by atoms with Crippen molar-refractivity contribution in [2.75, 3.05) is 7.11 Å². The summed E-state index contributed by atoms with van der Waals surface area (Å²) in [6.45, 7) is 6.48. The van der Waals surface area contributed by atoms with Crippen LogP contribution in [0.5, 0.6) is 0 Å². The number of halogens is 2. The fourth-order valence-electron chi connectivity index (χ4n) is 0. The van der Waals surface area contributed by atoms with Crippen LogP contribution in [0.25, 0.3) is 0 Å². The Morgan fingerprint density at radius 3 is 1.33 bits per heavy atom. The van der Waals surface area contributed by atoms with Gasteiger partial charge >= 0.3 is 49.4 Å². The molecule has 0 heterocycles. The van der Waals surface area contributed by atoms with E-state index >= 15 is 0 Å². The first-order valence-electron chi connectivity index (χ1n) is 2.45. The van der Waals surface area contributed by atoms with E-state index in [0.717, 1.165) is 0 Å². The Hall–Kier alpha value is 2.22. The van der Waals surface area contributed by atoms with Crippen molar-refractivity contribution in [3.63, 3.8) is 0 Å². The molecular weight excluding hydrogens is 397 g/mol. The van der Waals surface area contributed by atoms with Gasteiger partial charge in [0.25, 0.3) is 0 Å². The van der Waals surface area contributed by atoms with E-state index in [1.54, 1.807) is 7.11 Å². The van der Waals surface area contributed by atoms with Gasteiger partial charge in [-0.1, -0.05) is 0 Å². The number of hydrogen-bond donors (Lipinski definition) is 0. The first-order valence-corrected chi connectivity index (χ1v) is 14.9. The Balaban J connectivity index is 0. The first-order chi connectivity index (χ1) is 3.97. The molecule has 0 aliphatic heterocycles. The third kappa shape index (κ3) is 25.3. The van der Waals surface area contributed by atoms with Crippen LogP contribution in [-0.2, 0) is 13.9 Å². The summed E-state index contributed by atoms with van der Waals surface area (Å²) < 4.78 is 5.08. The molecule has 0 N–H and O–H groups in total. The molecule has 0 aromatic carbocycles. The minimum atomic E-state index is -1.13. The van der Waals surface area contributed by atoms with Gasteiger partial charge in [-0.25, -0.2) is 0 Å². The van der Waals surface area contributed by atoms with Crippen molar-refractivity contribution in [2.24, 2.45) is 0 Å². The molecule has 0 spiro atoms. The van der Waals surface area contributed by atoms with Gasteiger partial charge in [0.2, 0.25) is 0 Å². The van der Waals surface area contributed by atoms with Crippen LogP contribution in [-0.4, -0.2) is 15.4 Å². The summed E-state index contributed by atoms with van der Waals surface area (Å²) >= 11 is 4.74. The predicted molar refractivity (Wildman–Crippen MR) is 58.4 cm³/mol. The van der Waals surface area contributed by atoms with Crippen LogP contribution in [0.4, 0.5) is 0 Å². The van der Waals surface area contributed by atoms with Crippen LogP contribution in [0.15, 0.2) is 0 Å². The van der Waals surface area contributed by atoms with Crippen molar-refractivity contribution < 1.29 is 13.9 Å². The first kappa shape index (κ1) is 13.8. The predicted octanol–water partition coefficient (Wildman–Crippen LogP) is 3.24. The summed E-state index contributed by atoms with van der Waals surface area (Å²) in [5, 5.41) is 0. The fourth-order valence-corrected chi connectivity index (χ4v) is 0. The van der Waals surface area contributed by atoms with Gasteiger partial charge in [-0.2, -0.15) is 0 Å². The zero-order valence-corrected chi connectivity index (χ0v) is 12.8. The Morgan fingerprint density at radius 2 is 1.33 bits per heavy atom. The molecule has 0 amide bonds. The minimum absolute atomic E-state index is 0.628. The van der Waals surface area contributed by atoms with Gasteiger partial charge in [0.1, 0.15) is 0 Å². The molecule has 57 valence electrons. The quantitative estimate of drug-likeness (QED) is 0.478. The molecule has 0 unspecified atom stereocenters. The maximum atomic E-state index is 5.08. The van der Waals surface area contributed by atoms with Gasteiger partial charge in [-0.3, -0.25) is 0 Å². The van der Waals surface area contributed by atoms with Crippen LogP contribution < -0.4 is 0 Å². The van der Waals surface area contributed by atoms with Crippen LogP contribution >= 0.6 is 40.0 Å². The second kappa shape index (κ2) is 8.32. The monoisotopic (exact) mass is 409 g/mol. The summed E-state index contributed by atoms with van der Waals surface area (Å²) in [4.78, 5) is 0. The fraction of sp³-hybridized carbons (Fsp3) is 1.00. The van der Waals surface area contributed by atoms with Crippen LogP contribution in [0.2, 0.25) is 19.6 Å².